The molecular weight excluding hydrogens is 408 g/mol. The number of thiocarbonyl (C=S) groups is 1. The summed E-state index contributed by atoms with van der Waals surface area (Å²) in [5.41, 5.74) is 0.787. The highest BCUT2D eigenvalue weighted by molar-refractivity contribution is 8.27. The first kappa shape index (κ1) is 20.1. The Morgan fingerprint density at radius 3 is 2.18 bits per heavy atom. The Hall–Kier alpha value is -2.65. The Morgan fingerprint density at radius 2 is 1.64 bits per heavy atom. The van der Waals surface area contributed by atoms with Crippen molar-refractivity contribution >= 4 is 46.0 Å². The second kappa shape index (κ2) is 8.15. The van der Waals surface area contributed by atoms with Gasteiger partial charge in [0.1, 0.15) is 0 Å². The maximum absolute atomic E-state index is 13.6. The first-order valence-corrected chi connectivity index (χ1v) is 9.15. The minimum atomic E-state index is -1.06. The van der Waals surface area contributed by atoms with Crippen LogP contribution < -0.4 is 19.1 Å². The summed E-state index contributed by atoms with van der Waals surface area (Å²) in [5, 5.41) is 0. The van der Waals surface area contributed by atoms with Gasteiger partial charge in [-0.3, -0.25) is 9.69 Å². The molecule has 28 heavy (non-hydrogen) atoms. The molecule has 1 heterocycles. The monoisotopic (exact) mass is 423 g/mol. The number of hydrogen-bond donors (Lipinski definition) is 0. The van der Waals surface area contributed by atoms with Crippen molar-refractivity contribution in [3.63, 3.8) is 0 Å². The molecule has 1 saturated heterocycles. The molecule has 0 N–H and O–H groups in total. The topological polar surface area (TPSA) is 48.0 Å². The predicted octanol–water partition coefficient (Wildman–Crippen LogP) is 4.40. The van der Waals surface area contributed by atoms with Crippen molar-refractivity contribution in [3.8, 4) is 17.2 Å². The van der Waals surface area contributed by atoms with Crippen LogP contribution in [0, 0.1) is 11.6 Å². The smallest absolute Gasteiger partial charge is 0.270 e. The Kier molecular flexibility index (Phi) is 5.85. The Balaban J connectivity index is 1.99. The lowest BCUT2D eigenvalue weighted by Gasteiger charge is -2.14. The number of nitrogens with zero attached hydrogens (tertiary/aromatic N) is 1. The predicted molar refractivity (Wildman–Crippen MR) is 108 cm³/mol. The van der Waals surface area contributed by atoms with Crippen LogP contribution in [0.2, 0.25) is 0 Å². The van der Waals surface area contributed by atoms with Crippen LogP contribution in [0.15, 0.2) is 35.2 Å². The van der Waals surface area contributed by atoms with Gasteiger partial charge in [-0.2, -0.15) is 0 Å². The van der Waals surface area contributed by atoms with Crippen LogP contribution in [0.3, 0.4) is 0 Å². The van der Waals surface area contributed by atoms with E-state index in [1.165, 1.54) is 27.4 Å². The molecule has 0 aliphatic carbocycles. The molecule has 1 aliphatic rings. The zero-order chi connectivity index (χ0) is 20.4. The maximum Gasteiger partial charge on any atom is 0.270 e. The number of rotatable bonds is 5. The van der Waals surface area contributed by atoms with E-state index >= 15 is 0 Å². The number of anilines is 1. The fraction of sp³-hybridized carbons (Fsp3) is 0.158. The standard InChI is InChI=1S/C19H15F2NO4S2/c1-24-14-6-10(7-15(25-2)17(14)26-3)8-16-18(23)22(19(27)28-16)11-4-5-12(20)13(21)9-11/h4-9H,1-3H3/b16-8-. The van der Waals surface area contributed by atoms with Gasteiger partial charge in [-0.15, -0.1) is 0 Å². The summed E-state index contributed by atoms with van der Waals surface area (Å²) in [7, 11) is 4.47. The molecule has 0 atom stereocenters. The van der Waals surface area contributed by atoms with Gasteiger partial charge in [0, 0.05) is 6.07 Å². The summed E-state index contributed by atoms with van der Waals surface area (Å²) < 4.78 is 42.8. The Labute approximate surface area is 169 Å². The Bertz CT molecular complexity index is 969. The van der Waals surface area contributed by atoms with Crippen molar-refractivity contribution < 1.29 is 27.8 Å². The molecule has 3 rings (SSSR count). The van der Waals surface area contributed by atoms with Gasteiger partial charge in [-0.05, 0) is 35.9 Å². The highest BCUT2D eigenvalue weighted by atomic mass is 32.2. The normalized spacial score (nSPS) is 15.3. The SMILES string of the molecule is COc1cc(/C=C2\SC(=S)N(c3ccc(F)c(F)c3)C2=O)cc(OC)c1OC. The van der Waals surface area contributed by atoms with E-state index in [-0.39, 0.29) is 10.0 Å². The first-order chi connectivity index (χ1) is 13.4. The van der Waals surface area contributed by atoms with Gasteiger partial charge in [-0.25, -0.2) is 8.78 Å². The summed E-state index contributed by atoms with van der Waals surface area (Å²) in [5.74, 6) is -1.19. The highest BCUT2D eigenvalue weighted by Crippen LogP contribution is 2.41. The number of amides is 1. The fourth-order valence-electron chi connectivity index (χ4n) is 2.65. The average molecular weight is 423 g/mol. The second-order valence-corrected chi connectivity index (χ2v) is 7.25. The number of halogens is 2. The van der Waals surface area contributed by atoms with Crippen LogP contribution in [0.4, 0.5) is 14.5 Å². The lowest BCUT2D eigenvalue weighted by Crippen LogP contribution is -2.27. The van der Waals surface area contributed by atoms with Gasteiger partial charge >= 0.3 is 0 Å². The third kappa shape index (κ3) is 3.67. The number of carbonyl (C=O) groups excluding carboxylic acids is 1. The largest absolute Gasteiger partial charge is 0.493 e. The molecule has 0 aromatic heterocycles. The van der Waals surface area contributed by atoms with Gasteiger partial charge in [0.2, 0.25) is 5.75 Å². The minimum absolute atomic E-state index is 0.162. The third-order valence-corrected chi connectivity index (χ3v) is 5.24. The van der Waals surface area contributed by atoms with Crippen molar-refractivity contribution in [3.05, 3.63) is 52.4 Å². The summed E-state index contributed by atoms with van der Waals surface area (Å²) in [6.45, 7) is 0. The van der Waals surface area contributed by atoms with Crippen molar-refractivity contribution in [2.75, 3.05) is 26.2 Å². The molecule has 5 nitrogen and oxygen atoms in total. The zero-order valence-electron chi connectivity index (χ0n) is 15.1. The van der Waals surface area contributed by atoms with Crippen LogP contribution in [-0.4, -0.2) is 31.6 Å². The van der Waals surface area contributed by atoms with E-state index in [1.54, 1.807) is 18.2 Å². The van der Waals surface area contributed by atoms with E-state index in [4.69, 9.17) is 26.4 Å². The highest BCUT2D eigenvalue weighted by Gasteiger charge is 2.33. The van der Waals surface area contributed by atoms with Gasteiger partial charge < -0.3 is 14.2 Å². The van der Waals surface area contributed by atoms with Crippen LogP contribution in [0.5, 0.6) is 17.2 Å². The van der Waals surface area contributed by atoms with Crippen molar-refractivity contribution in [1.82, 2.24) is 0 Å². The summed E-state index contributed by atoms with van der Waals surface area (Å²) in [6.07, 6.45) is 1.61. The number of methoxy groups -OCH3 is 3. The molecule has 1 fully saturated rings. The summed E-state index contributed by atoms with van der Waals surface area (Å²) in [6, 6.07) is 6.55. The number of hydrogen-bond acceptors (Lipinski definition) is 6. The van der Waals surface area contributed by atoms with Crippen LogP contribution in [0.1, 0.15) is 5.56 Å². The first-order valence-electron chi connectivity index (χ1n) is 7.92. The number of benzene rings is 2. The van der Waals surface area contributed by atoms with Crippen molar-refractivity contribution in [2.24, 2.45) is 0 Å². The lowest BCUT2D eigenvalue weighted by atomic mass is 10.1. The molecule has 0 saturated carbocycles. The van der Waals surface area contributed by atoms with Crippen LogP contribution in [0.25, 0.3) is 6.08 Å². The van der Waals surface area contributed by atoms with Gasteiger partial charge in [-0.1, -0.05) is 24.0 Å². The van der Waals surface area contributed by atoms with Gasteiger partial charge in [0.25, 0.3) is 5.91 Å². The number of thioether (sulfide) groups is 1. The van der Waals surface area contributed by atoms with E-state index in [0.717, 1.165) is 28.8 Å². The molecule has 9 heteroatoms. The second-order valence-electron chi connectivity index (χ2n) is 5.57. The molecular formula is C19H15F2NO4S2. The van der Waals surface area contributed by atoms with Crippen LogP contribution in [-0.2, 0) is 4.79 Å². The van der Waals surface area contributed by atoms with Crippen molar-refractivity contribution in [2.45, 2.75) is 0 Å². The van der Waals surface area contributed by atoms with E-state index in [2.05, 4.69) is 0 Å². The van der Waals surface area contributed by atoms with E-state index in [1.807, 2.05) is 0 Å². The van der Waals surface area contributed by atoms with E-state index in [9.17, 15) is 13.6 Å². The molecule has 0 radical (unpaired) electrons. The molecule has 1 aliphatic heterocycles. The van der Waals surface area contributed by atoms with Crippen molar-refractivity contribution in [1.29, 1.82) is 0 Å². The lowest BCUT2D eigenvalue weighted by molar-refractivity contribution is -0.113. The molecule has 146 valence electrons. The summed E-state index contributed by atoms with van der Waals surface area (Å²) >= 11 is 6.31. The number of carbonyl (C=O) groups is 1. The van der Waals surface area contributed by atoms with E-state index in [0.29, 0.717) is 27.7 Å². The minimum Gasteiger partial charge on any atom is -0.493 e. The fourth-order valence-corrected chi connectivity index (χ4v) is 3.95. The zero-order valence-corrected chi connectivity index (χ0v) is 16.7. The third-order valence-electron chi connectivity index (χ3n) is 3.94. The molecule has 0 unspecified atom stereocenters. The van der Waals surface area contributed by atoms with Gasteiger partial charge in [0.05, 0.1) is 31.9 Å². The molecule has 0 spiro atoms. The van der Waals surface area contributed by atoms with E-state index < -0.39 is 17.5 Å². The summed E-state index contributed by atoms with van der Waals surface area (Å²) in [4.78, 5) is 14.3. The molecule has 2 aromatic rings. The molecule has 2 aromatic carbocycles. The average Bonchev–Trinajstić information content (AvgIpc) is 2.96. The number of ether oxygens (including phenoxy) is 3. The maximum atomic E-state index is 13.6. The quantitative estimate of drug-likeness (QED) is 0.525. The Morgan fingerprint density at radius 1 is 1.00 bits per heavy atom. The van der Waals surface area contributed by atoms with Gasteiger partial charge in [0.15, 0.2) is 27.5 Å². The molecule has 0 bridgehead atoms. The van der Waals surface area contributed by atoms with Crippen LogP contribution >= 0.6 is 24.0 Å². The molecule has 1 amide bonds.